The molecule has 2 aromatic carbocycles. The zero-order valence-electron chi connectivity index (χ0n) is 12.9. The normalized spacial score (nSPS) is 11.8. The zero-order valence-corrected chi connectivity index (χ0v) is 13.6. The van der Waals surface area contributed by atoms with Crippen LogP contribution >= 0.6 is 11.6 Å². The molecule has 5 heteroatoms. The molecule has 1 amide bonds. The minimum atomic E-state index is -0.592. The predicted octanol–water partition coefficient (Wildman–Crippen LogP) is 4.00. The van der Waals surface area contributed by atoms with E-state index in [0.717, 1.165) is 12.0 Å². The lowest BCUT2D eigenvalue weighted by Crippen LogP contribution is -2.38. The standard InChI is InChI=1S/C18H19ClFNO2/c1-2-17(23-16-9-7-15(20)8-10-16)18(22)21-12-11-13-3-5-14(19)6-4-13/h3-10,17H,2,11-12H2,1H3,(H,21,22)/t17-/m1/s1. The van der Waals surface area contributed by atoms with Crippen molar-refractivity contribution in [2.24, 2.45) is 0 Å². The van der Waals surface area contributed by atoms with Crippen LogP contribution in [0.3, 0.4) is 0 Å². The van der Waals surface area contributed by atoms with E-state index in [1.165, 1.54) is 24.3 Å². The highest BCUT2D eigenvalue weighted by Gasteiger charge is 2.17. The second kappa shape index (κ2) is 8.53. The van der Waals surface area contributed by atoms with Crippen molar-refractivity contribution < 1.29 is 13.9 Å². The maximum Gasteiger partial charge on any atom is 0.261 e. The Morgan fingerprint density at radius 2 is 1.83 bits per heavy atom. The van der Waals surface area contributed by atoms with E-state index in [2.05, 4.69) is 5.32 Å². The van der Waals surface area contributed by atoms with Gasteiger partial charge in [0.15, 0.2) is 6.10 Å². The van der Waals surface area contributed by atoms with Crippen molar-refractivity contribution in [2.75, 3.05) is 6.54 Å². The Hall–Kier alpha value is -2.07. The molecular formula is C18H19ClFNO2. The molecule has 0 aliphatic rings. The highest BCUT2D eigenvalue weighted by Crippen LogP contribution is 2.14. The van der Waals surface area contributed by atoms with Crippen molar-refractivity contribution in [1.29, 1.82) is 0 Å². The van der Waals surface area contributed by atoms with E-state index in [0.29, 0.717) is 23.7 Å². The van der Waals surface area contributed by atoms with Gasteiger partial charge in [0, 0.05) is 11.6 Å². The lowest BCUT2D eigenvalue weighted by atomic mass is 10.1. The van der Waals surface area contributed by atoms with Crippen LogP contribution in [0.15, 0.2) is 48.5 Å². The number of hydrogen-bond acceptors (Lipinski definition) is 2. The monoisotopic (exact) mass is 335 g/mol. The molecule has 0 saturated heterocycles. The first-order valence-electron chi connectivity index (χ1n) is 7.53. The summed E-state index contributed by atoms with van der Waals surface area (Å²) in [5.74, 6) is -0.0327. The van der Waals surface area contributed by atoms with Crippen LogP contribution in [0.2, 0.25) is 5.02 Å². The van der Waals surface area contributed by atoms with Crippen molar-refractivity contribution in [3.63, 3.8) is 0 Å². The minimum absolute atomic E-state index is 0.175. The van der Waals surface area contributed by atoms with E-state index in [-0.39, 0.29) is 11.7 Å². The van der Waals surface area contributed by atoms with Gasteiger partial charge in [0.2, 0.25) is 0 Å². The van der Waals surface area contributed by atoms with Crippen molar-refractivity contribution in [3.8, 4) is 5.75 Å². The first-order valence-corrected chi connectivity index (χ1v) is 7.90. The topological polar surface area (TPSA) is 38.3 Å². The zero-order chi connectivity index (χ0) is 16.7. The van der Waals surface area contributed by atoms with Crippen LogP contribution < -0.4 is 10.1 Å². The van der Waals surface area contributed by atoms with Crippen molar-refractivity contribution in [2.45, 2.75) is 25.9 Å². The van der Waals surface area contributed by atoms with Gasteiger partial charge in [0.05, 0.1) is 0 Å². The fraction of sp³-hybridized carbons (Fsp3) is 0.278. The second-order valence-electron chi connectivity index (χ2n) is 5.14. The summed E-state index contributed by atoms with van der Waals surface area (Å²) < 4.78 is 18.5. The van der Waals surface area contributed by atoms with E-state index in [1.807, 2.05) is 31.2 Å². The van der Waals surface area contributed by atoms with E-state index in [4.69, 9.17) is 16.3 Å². The Morgan fingerprint density at radius 3 is 2.43 bits per heavy atom. The molecule has 3 nitrogen and oxygen atoms in total. The van der Waals surface area contributed by atoms with Crippen molar-refractivity contribution in [3.05, 3.63) is 64.9 Å². The number of carbonyl (C=O) groups is 1. The Kier molecular flexibility index (Phi) is 6.41. The summed E-state index contributed by atoms with van der Waals surface area (Å²) in [7, 11) is 0. The molecule has 0 radical (unpaired) electrons. The van der Waals surface area contributed by atoms with Gasteiger partial charge in [-0.3, -0.25) is 4.79 Å². The molecule has 23 heavy (non-hydrogen) atoms. The average molecular weight is 336 g/mol. The average Bonchev–Trinajstić information content (AvgIpc) is 2.56. The number of hydrogen-bond donors (Lipinski definition) is 1. The Labute approximate surface area is 140 Å². The Morgan fingerprint density at radius 1 is 1.17 bits per heavy atom. The van der Waals surface area contributed by atoms with Crippen LogP contribution in [0.1, 0.15) is 18.9 Å². The molecule has 2 aromatic rings. The van der Waals surface area contributed by atoms with E-state index >= 15 is 0 Å². The molecule has 0 saturated carbocycles. The third-order valence-electron chi connectivity index (χ3n) is 3.38. The fourth-order valence-electron chi connectivity index (χ4n) is 2.09. The molecule has 0 unspecified atom stereocenters. The predicted molar refractivity (Wildman–Crippen MR) is 89.3 cm³/mol. The Bertz CT molecular complexity index is 628. The van der Waals surface area contributed by atoms with Gasteiger partial charge in [-0.25, -0.2) is 4.39 Å². The van der Waals surface area contributed by atoms with Crippen molar-refractivity contribution in [1.82, 2.24) is 5.32 Å². The molecule has 0 fully saturated rings. The van der Waals surface area contributed by atoms with Gasteiger partial charge in [0.1, 0.15) is 11.6 Å². The fourth-order valence-corrected chi connectivity index (χ4v) is 2.22. The number of rotatable bonds is 7. The number of carbonyl (C=O) groups excluding carboxylic acids is 1. The van der Waals surface area contributed by atoms with Crippen molar-refractivity contribution >= 4 is 17.5 Å². The minimum Gasteiger partial charge on any atom is -0.481 e. The number of amides is 1. The van der Waals surface area contributed by atoms with Gasteiger partial charge in [-0.2, -0.15) is 0 Å². The summed E-state index contributed by atoms with van der Waals surface area (Å²) in [4.78, 5) is 12.2. The number of halogens is 2. The van der Waals surface area contributed by atoms with Gasteiger partial charge in [-0.05, 0) is 54.8 Å². The highest BCUT2D eigenvalue weighted by molar-refractivity contribution is 6.30. The Balaban J connectivity index is 1.82. The molecule has 0 spiro atoms. The van der Waals surface area contributed by atoms with Gasteiger partial charge in [-0.15, -0.1) is 0 Å². The second-order valence-corrected chi connectivity index (χ2v) is 5.57. The third kappa shape index (κ3) is 5.57. The molecule has 1 N–H and O–H groups in total. The highest BCUT2D eigenvalue weighted by atomic mass is 35.5. The molecule has 0 bridgehead atoms. The number of benzene rings is 2. The molecular weight excluding hydrogens is 317 g/mol. The maximum atomic E-state index is 12.9. The van der Waals surface area contributed by atoms with Crippen LogP contribution in [0.25, 0.3) is 0 Å². The third-order valence-corrected chi connectivity index (χ3v) is 3.63. The first-order chi connectivity index (χ1) is 11.1. The summed E-state index contributed by atoms with van der Waals surface area (Å²) >= 11 is 5.83. The van der Waals surface area contributed by atoms with Gasteiger partial charge >= 0.3 is 0 Å². The van der Waals surface area contributed by atoms with E-state index in [9.17, 15) is 9.18 Å². The number of nitrogens with one attached hydrogen (secondary N) is 1. The molecule has 0 aliphatic heterocycles. The summed E-state index contributed by atoms with van der Waals surface area (Å²) in [5.41, 5.74) is 1.10. The molecule has 0 aromatic heterocycles. The quantitative estimate of drug-likeness (QED) is 0.830. The SMILES string of the molecule is CC[C@@H](Oc1ccc(F)cc1)C(=O)NCCc1ccc(Cl)cc1. The smallest absolute Gasteiger partial charge is 0.261 e. The van der Waals surface area contributed by atoms with Crippen LogP contribution in [0, 0.1) is 5.82 Å². The van der Waals surface area contributed by atoms with E-state index in [1.54, 1.807) is 0 Å². The van der Waals surface area contributed by atoms with Gasteiger partial charge in [0.25, 0.3) is 5.91 Å². The van der Waals surface area contributed by atoms with Crippen LogP contribution in [-0.4, -0.2) is 18.6 Å². The molecule has 122 valence electrons. The van der Waals surface area contributed by atoms with Crippen LogP contribution in [-0.2, 0) is 11.2 Å². The molecule has 0 heterocycles. The largest absolute Gasteiger partial charge is 0.481 e. The summed E-state index contributed by atoms with van der Waals surface area (Å²) in [5, 5.41) is 3.55. The van der Waals surface area contributed by atoms with Gasteiger partial charge < -0.3 is 10.1 Å². The first kappa shape index (κ1) is 17.3. The summed E-state index contributed by atoms with van der Waals surface area (Å²) in [6.07, 6.45) is 0.658. The van der Waals surface area contributed by atoms with Crippen LogP contribution in [0.4, 0.5) is 4.39 Å². The maximum absolute atomic E-state index is 12.9. The molecule has 2 rings (SSSR count). The lowest BCUT2D eigenvalue weighted by Gasteiger charge is -2.17. The summed E-state index contributed by atoms with van der Waals surface area (Å²) in [6.45, 7) is 2.39. The summed E-state index contributed by atoms with van der Waals surface area (Å²) in [6, 6.07) is 13.1. The molecule has 0 aliphatic carbocycles. The van der Waals surface area contributed by atoms with Gasteiger partial charge in [-0.1, -0.05) is 30.7 Å². The number of ether oxygens (including phenoxy) is 1. The molecule has 1 atom stereocenters. The van der Waals surface area contributed by atoms with Crippen LogP contribution in [0.5, 0.6) is 5.75 Å². The van der Waals surface area contributed by atoms with E-state index < -0.39 is 6.10 Å². The lowest BCUT2D eigenvalue weighted by molar-refractivity contribution is -0.128.